The first-order valence-electron chi connectivity index (χ1n) is 4.77. The second-order valence-electron chi connectivity index (χ2n) is 3.66. The van der Waals surface area contributed by atoms with Gasteiger partial charge in [-0.1, -0.05) is 6.07 Å². The van der Waals surface area contributed by atoms with Crippen LogP contribution < -0.4 is 5.32 Å². The Labute approximate surface area is 97.2 Å². The lowest BCUT2D eigenvalue weighted by molar-refractivity contribution is -0.115. The molecule has 0 spiro atoms. The van der Waals surface area contributed by atoms with Gasteiger partial charge in [0.25, 0.3) is 0 Å². The number of carboxylic acids is 1. The molecule has 2 N–H and O–H groups in total. The number of carbonyl (C=O) groups excluding carboxylic acids is 1. The van der Waals surface area contributed by atoms with Crippen molar-refractivity contribution in [2.24, 2.45) is 0 Å². The van der Waals surface area contributed by atoms with E-state index in [1.807, 2.05) is 0 Å². The number of hydrogen-bond acceptors (Lipinski definition) is 4. The average molecular weight is 255 g/mol. The fraction of sp³-hybridized carbons (Fsp3) is 0.200. The lowest BCUT2D eigenvalue weighted by Crippen LogP contribution is -2.38. The highest BCUT2D eigenvalue weighted by Crippen LogP contribution is 2.32. The fourth-order valence-corrected chi connectivity index (χ4v) is 3.07. The molecule has 1 aliphatic heterocycles. The van der Waals surface area contributed by atoms with Crippen LogP contribution in [0.15, 0.2) is 23.1 Å². The Kier molecular flexibility index (Phi) is 2.43. The summed E-state index contributed by atoms with van der Waals surface area (Å²) in [5.74, 6) is -2.00. The topological polar surface area (TPSA) is 101 Å². The molecule has 0 saturated heterocycles. The van der Waals surface area contributed by atoms with Crippen LogP contribution >= 0.6 is 0 Å². The maximum atomic E-state index is 11.9. The third-order valence-electron chi connectivity index (χ3n) is 2.65. The van der Waals surface area contributed by atoms with E-state index in [2.05, 4.69) is 5.32 Å². The SMILES string of the molecule is CC1C(=O)Nc2c(C(=O)O)cccc2S1(=O)=O. The van der Waals surface area contributed by atoms with Gasteiger partial charge in [0.15, 0.2) is 9.84 Å². The zero-order valence-electron chi connectivity index (χ0n) is 8.80. The standard InChI is InChI=1S/C10H9NO5S/c1-5-9(12)11-8-6(10(13)14)3-2-4-7(8)17(5,15)16/h2-5H,1H3,(H,11,12)(H,13,14). The number of benzene rings is 1. The molecule has 0 aromatic heterocycles. The molecule has 1 aliphatic rings. The quantitative estimate of drug-likeness (QED) is 0.761. The Balaban J connectivity index is 2.79. The number of amides is 1. The lowest BCUT2D eigenvalue weighted by atomic mass is 10.1. The van der Waals surface area contributed by atoms with Gasteiger partial charge in [0.1, 0.15) is 5.25 Å². The molecule has 1 heterocycles. The van der Waals surface area contributed by atoms with Crippen LogP contribution in [0.5, 0.6) is 0 Å². The van der Waals surface area contributed by atoms with Gasteiger partial charge >= 0.3 is 5.97 Å². The van der Waals surface area contributed by atoms with Crippen LogP contribution in [-0.4, -0.2) is 30.7 Å². The Bertz CT molecular complexity index is 620. The summed E-state index contributed by atoms with van der Waals surface area (Å²) >= 11 is 0. The number of nitrogens with one attached hydrogen (secondary N) is 1. The van der Waals surface area contributed by atoms with Crippen molar-refractivity contribution >= 4 is 27.4 Å². The molecule has 0 bridgehead atoms. The van der Waals surface area contributed by atoms with Crippen molar-refractivity contribution in [3.8, 4) is 0 Å². The largest absolute Gasteiger partial charge is 0.478 e. The lowest BCUT2D eigenvalue weighted by Gasteiger charge is -2.23. The maximum Gasteiger partial charge on any atom is 0.337 e. The molecule has 1 aromatic carbocycles. The number of sulfone groups is 1. The molecule has 0 saturated carbocycles. The zero-order valence-corrected chi connectivity index (χ0v) is 9.61. The second kappa shape index (κ2) is 3.56. The van der Waals surface area contributed by atoms with Gasteiger partial charge in [-0.25, -0.2) is 13.2 Å². The van der Waals surface area contributed by atoms with Gasteiger partial charge in [0.2, 0.25) is 5.91 Å². The molecule has 0 radical (unpaired) electrons. The van der Waals surface area contributed by atoms with Gasteiger partial charge < -0.3 is 10.4 Å². The van der Waals surface area contributed by atoms with E-state index in [1.54, 1.807) is 0 Å². The van der Waals surface area contributed by atoms with Gasteiger partial charge in [0, 0.05) is 0 Å². The summed E-state index contributed by atoms with van der Waals surface area (Å²) in [6.07, 6.45) is 0. The van der Waals surface area contributed by atoms with Crippen LogP contribution in [0.3, 0.4) is 0 Å². The number of anilines is 1. The van der Waals surface area contributed by atoms with E-state index in [1.165, 1.54) is 25.1 Å². The van der Waals surface area contributed by atoms with Crippen molar-refractivity contribution in [3.63, 3.8) is 0 Å². The predicted octanol–water partition coefficient (Wildman–Crippen LogP) is 0.499. The molecule has 0 aliphatic carbocycles. The van der Waals surface area contributed by atoms with Crippen molar-refractivity contribution in [1.82, 2.24) is 0 Å². The van der Waals surface area contributed by atoms with Gasteiger partial charge in [0.05, 0.1) is 16.1 Å². The van der Waals surface area contributed by atoms with E-state index in [4.69, 9.17) is 5.11 Å². The molecule has 17 heavy (non-hydrogen) atoms. The summed E-state index contributed by atoms with van der Waals surface area (Å²) in [5.41, 5.74) is -0.380. The molecule has 6 nitrogen and oxygen atoms in total. The summed E-state index contributed by atoms with van der Waals surface area (Å²) < 4.78 is 23.9. The molecular weight excluding hydrogens is 246 g/mol. The monoisotopic (exact) mass is 255 g/mol. The first kappa shape index (κ1) is 11.6. The summed E-state index contributed by atoms with van der Waals surface area (Å²) in [6, 6.07) is 3.87. The highest BCUT2D eigenvalue weighted by Gasteiger charge is 2.38. The molecule has 1 unspecified atom stereocenters. The minimum atomic E-state index is -3.80. The van der Waals surface area contributed by atoms with Crippen LogP contribution in [0.4, 0.5) is 5.69 Å². The minimum absolute atomic E-state index is 0.149. The van der Waals surface area contributed by atoms with E-state index in [9.17, 15) is 18.0 Å². The van der Waals surface area contributed by atoms with Crippen LogP contribution in [-0.2, 0) is 14.6 Å². The van der Waals surface area contributed by atoms with Crippen molar-refractivity contribution < 1.29 is 23.1 Å². The highest BCUT2D eigenvalue weighted by molar-refractivity contribution is 7.93. The minimum Gasteiger partial charge on any atom is -0.478 e. The number of fused-ring (bicyclic) bond motifs is 1. The number of carboxylic acid groups (broad SMARTS) is 1. The van der Waals surface area contributed by atoms with Crippen molar-refractivity contribution in [1.29, 1.82) is 0 Å². The third kappa shape index (κ3) is 1.59. The number of para-hydroxylation sites is 1. The Morgan fingerprint density at radius 1 is 1.41 bits per heavy atom. The van der Waals surface area contributed by atoms with Crippen LogP contribution in [0, 0.1) is 0 Å². The summed E-state index contributed by atoms with van der Waals surface area (Å²) in [5, 5.41) is 10.0. The van der Waals surface area contributed by atoms with E-state index in [0.29, 0.717) is 0 Å². The molecule has 7 heteroatoms. The molecule has 0 fully saturated rings. The van der Waals surface area contributed by atoms with Crippen molar-refractivity contribution in [2.45, 2.75) is 17.1 Å². The normalized spacial score (nSPS) is 21.5. The molecule has 90 valence electrons. The first-order valence-corrected chi connectivity index (χ1v) is 6.31. The maximum absolute atomic E-state index is 11.9. The Morgan fingerprint density at radius 3 is 2.65 bits per heavy atom. The van der Waals surface area contributed by atoms with Crippen LogP contribution in [0.25, 0.3) is 0 Å². The van der Waals surface area contributed by atoms with E-state index in [-0.39, 0.29) is 16.1 Å². The summed E-state index contributed by atoms with van der Waals surface area (Å²) in [6.45, 7) is 1.26. The number of rotatable bonds is 1. The van der Waals surface area contributed by atoms with E-state index in [0.717, 1.165) is 0 Å². The van der Waals surface area contributed by atoms with E-state index < -0.39 is 27.0 Å². The smallest absolute Gasteiger partial charge is 0.337 e. The van der Waals surface area contributed by atoms with Crippen LogP contribution in [0.2, 0.25) is 0 Å². The fourth-order valence-electron chi connectivity index (χ4n) is 1.63. The van der Waals surface area contributed by atoms with Gasteiger partial charge in [-0.05, 0) is 19.1 Å². The zero-order chi connectivity index (χ0) is 12.8. The Morgan fingerprint density at radius 2 is 2.06 bits per heavy atom. The molecule has 1 amide bonds. The molecule has 2 rings (SSSR count). The summed E-state index contributed by atoms with van der Waals surface area (Å²) in [4.78, 5) is 22.2. The number of hydrogen-bond donors (Lipinski definition) is 2. The average Bonchev–Trinajstić information content (AvgIpc) is 2.26. The van der Waals surface area contributed by atoms with Gasteiger partial charge in [-0.2, -0.15) is 0 Å². The third-order valence-corrected chi connectivity index (χ3v) is 4.74. The van der Waals surface area contributed by atoms with Crippen LogP contribution in [0.1, 0.15) is 17.3 Å². The van der Waals surface area contributed by atoms with E-state index >= 15 is 0 Å². The predicted molar refractivity (Wildman–Crippen MR) is 58.7 cm³/mol. The van der Waals surface area contributed by atoms with Crippen molar-refractivity contribution in [3.05, 3.63) is 23.8 Å². The van der Waals surface area contributed by atoms with Gasteiger partial charge in [-0.15, -0.1) is 0 Å². The molecule has 1 aromatic rings. The Hall–Kier alpha value is -1.89. The second-order valence-corrected chi connectivity index (χ2v) is 5.90. The van der Waals surface area contributed by atoms with Gasteiger partial charge in [-0.3, -0.25) is 4.79 Å². The van der Waals surface area contributed by atoms with Crippen molar-refractivity contribution in [2.75, 3.05) is 5.32 Å². The molecule has 1 atom stereocenters. The number of aromatic carboxylic acids is 1. The first-order chi connectivity index (χ1) is 7.85. The molecular formula is C10H9NO5S. The number of carbonyl (C=O) groups is 2. The summed E-state index contributed by atoms with van der Waals surface area (Å²) in [7, 11) is -3.80. The highest BCUT2D eigenvalue weighted by atomic mass is 32.2.